The fraction of sp³-hybridized carbons (Fsp3) is 0.300. The van der Waals surface area contributed by atoms with Crippen molar-refractivity contribution in [2.24, 2.45) is 0 Å². The Morgan fingerprint density at radius 2 is 2.46 bits per heavy atom. The van der Waals surface area contributed by atoms with Crippen LogP contribution in [0.5, 0.6) is 0 Å². The molecule has 0 atom stereocenters. The second-order valence-electron chi connectivity index (χ2n) is 2.56. The van der Waals surface area contributed by atoms with Crippen LogP contribution in [0.2, 0.25) is 0 Å². The average Bonchev–Trinajstić information content (AvgIpc) is 2.57. The zero-order valence-corrected chi connectivity index (χ0v) is 7.74. The van der Waals surface area contributed by atoms with Crippen molar-refractivity contribution < 1.29 is 13.9 Å². The van der Waals surface area contributed by atoms with Crippen LogP contribution in [0.3, 0.4) is 0 Å². The number of ether oxygens (including phenoxy) is 1. The molecule has 0 aliphatic heterocycles. The minimum absolute atomic E-state index is 0.307. The Morgan fingerprint density at radius 1 is 1.69 bits per heavy atom. The highest BCUT2D eigenvalue weighted by Crippen LogP contribution is 2.07. The summed E-state index contributed by atoms with van der Waals surface area (Å²) in [4.78, 5) is 11.1. The van der Waals surface area contributed by atoms with E-state index in [1.807, 2.05) is 0 Å². The molecular weight excluding hydrogens is 168 g/mol. The third-order valence-corrected chi connectivity index (χ3v) is 1.50. The summed E-state index contributed by atoms with van der Waals surface area (Å²) in [5.74, 6) is 0.351. The number of esters is 1. The summed E-state index contributed by atoms with van der Waals surface area (Å²) in [6.07, 6.45) is 3.21. The highest BCUT2D eigenvalue weighted by atomic mass is 16.5. The summed E-state index contributed by atoms with van der Waals surface area (Å²) >= 11 is 0. The molecule has 0 aliphatic rings. The monoisotopic (exact) mass is 180 g/mol. The lowest BCUT2D eigenvalue weighted by molar-refractivity contribution is -0.138. The van der Waals surface area contributed by atoms with Crippen LogP contribution in [0.15, 0.2) is 28.4 Å². The van der Waals surface area contributed by atoms with E-state index < -0.39 is 0 Å². The molecule has 13 heavy (non-hydrogen) atoms. The third kappa shape index (κ3) is 2.78. The lowest BCUT2D eigenvalue weighted by atomic mass is 10.2. The van der Waals surface area contributed by atoms with E-state index in [0.717, 1.165) is 0 Å². The Balaban J connectivity index is 2.66. The molecule has 0 amide bonds. The fourth-order valence-electron chi connectivity index (χ4n) is 0.891. The van der Waals surface area contributed by atoms with E-state index in [9.17, 15) is 4.79 Å². The maximum absolute atomic E-state index is 11.1. The first kappa shape index (κ1) is 9.58. The van der Waals surface area contributed by atoms with Crippen molar-refractivity contribution in [3.8, 4) is 0 Å². The molecule has 0 fully saturated rings. The Labute approximate surface area is 77.0 Å². The standard InChI is InChI=1S/C10H12O3/c1-3-12-10(11)8(2)7-9-5-4-6-13-9/h4-7H,3H2,1-2H3. The van der Waals surface area contributed by atoms with Crippen molar-refractivity contribution >= 4 is 12.0 Å². The van der Waals surface area contributed by atoms with Crippen LogP contribution in [-0.2, 0) is 9.53 Å². The maximum atomic E-state index is 11.1. The van der Waals surface area contributed by atoms with Gasteiger partial charge in [-0.05, 0) is 32.1 Å². The normalized spacial score (nSPS) is 11.4. The smallest absolute Gasteiger partial charge is 0.333 e. The molecule has 1 rings (SSSR count). The van der Waals surface area contributed by atoms with Gasteiger partial charge < -0.3 is 9.15 Å². The van der Waals surface area contributed by atoms with Gasteiger partial charge in [0.25, 0.3) is 0 Å². The molecule has 0 unspecified atom stereocenters. The topological polar surface area (TPSA) is 39.4 Å². The number of hydrogen-bond donors (Lipinski definition) is 0. The van der Waals surface area contributed by atoms with Gasteiger partial charge in [-0.15, -0.1) is 0 Å². The number of furan rings is 1. The van der Waals surface area contributed by atoms with Crippen molar-refractivity contribution in [3.05, 3.63) is 29.7 Å². The number of rotatable bonds is 3. The van der Waals surface area contributed by atoms with Gasteiger partial charge in [-0.1, -0.05) is 0 Å². The van der Waals surface area contributed by atoms with E-state index in [-0.39, 0.29) is 5.97 Å². The molecule has 3 heteroatoms. The van der Waals surface area contributed by atoms with E-state index in [1.165, 1.54) is 0 Å². The number of carbonyl (C=O) groups excluding carboxylic acids is 1. The van der Waals surface area contributed by atoms with Crippen LogP contribution in [-0.4, -0.2) is 12.6 Å². The number of carbonyl (C=O) groups is 1. The highest BCUT2D eigenvalue weighted by molar-refractivity contribution is 5.92. The van der Waals surface area contributed by atoms with E-state index in [1.54, 1.807) is 38.3 Å². The van der Waals surface area contributed by atoms with Gasteiger partial charge in [0.15, 0.2) is 0 Å². The van der Waals surface area contributed by atoms with Crippen LogP contribution in [0, 0.1) is 0 Å². The number of hydrogen-bond acceptors (Lipinski definition) is 3. The van der Waals surface area contributed by atoms with Crippen molar-refractivity contribution in [1.29, 1.82) is 0 Å². The zero-order chi connectivity index (χ0) is 9.68. The summed E-state index contributed by atoms with van der Waals surface area (Å²) in [6.45, 7) is 3.86. The first-order valence-electron chi connectivity index (χ1n) is 4.13. The maximum Gasteiger partial charge on any atom is 0.333 e. The largest absolute Gasteiger partial charge is 0.465 e. The first-order chi connectivity index (χ1) is 6.24. The van der Waals surface area contributed by atoms with Gasteiger partial charge >= 0.3 is 5.97 Å². The molecule has 1 aromatic heterocycles. The van der Waals surface area contributed by atoms with Gasteiger partial charge in [0.05, 0.1) is 12.9 Å². The molecule has 3 nitrogen and oxygen atoms in total. The van der Waals surface area contributed by atoms with E-state index in [4.69, 9.17) is 9.15 Å². The van der Waals surface area contributed by atoms with E-state index in [0.29, 0.717) is 17.9 Å². The first-order valence-corrected chi connectivity index (χ1v) is 4.13. The van der Waals surface area contributed by atoms with Gasteiger partial charge in [0, 0.05) is 5.57 Å². The molecule has 0 saturated heterocycles. The van der Waals surface area contributed by atoms with Gasteiger partial charge in [0.2, 0.25) is 0 Å². The molecule has 0 saturated carbocycles. The molecule has 0 aliphatic carbocycles. The fourth-order valence-corrected chi connectivity index (χ4v) is 0.891. The SMILES string of the molecule is CCOC(=O)C(C)=Cc1ccco1. The Morgan fingerprint density at radius 3 is 3.00 bits per heavy atom. The third-order valence-electron chi connectivity index (χ3n) is 1.50. The molecule has 0 spiro atoms. The van der Waals surface area contributed by atoms with Crippen LogP contribution in [0.25, 0.3) is 6.08 Å². The summed E-state index contributed by atoms with van der Waals surface area (Å²) in [7, 11) is 0. The van der Waals surface area contributed by atoms with Gasteiger partial charge in [-0.25, -0.2) is 4.79 Å². The lowest BCUT2D eigenvalue weighted by Gasteiger charge is -1.99. The molecule has 0 radical (unpaired) electrons. The summed E-state index contributed by atoms with van der Waals surface area (Å²) in [6, 6.07) is 3.55. The lowest BCUT2D eigenvalue weighted by Crippen LogP contribution is -2.04. The van der Waals surface area contributed by atoms with Crippen molar-refractivity contribution in [2.75, 3.05) is 6.61 Å². The van der Waals surface area contributed by atoms with Crippen molar-refractivity contribution in [1.82, 2.24) is 0 Å². The highest BCUT2D eigenvalue weighted by Gasteiger charge is 2.04. The minimum Gasteiger partial charge on any atom is -0.465 e. The Hall–Kier alpha value is -1.51. The van der Waals surface area contributed by atoms with Crippen LogP contribution in [0.1, 0.15) is 19.6 Å². The Bertz CT molecular complexity index is 296. The van der Waals surface area contributed by atoms with Gasteiger partial charge in [-0.2, -0.15) is 0 Å². The van der Waals surface area contributed by atoms with Crippen LogP contribution in [0.4, 0.5) is 0 Å². The summed E-state index contributed by atoms with van der Waals surface area (Å²) in [5.41, 5.74) is 0.539. The summed E-state index contributed by atoms with van der Waals surface area (Å²) in [5, 5.41) is 0. The Kier molecular flexibility index (Phi) is 3.31. The van der Waals surface area contributed by atoms with Crippen molar-refractivity contribution in [3.63, 3.8) is 0 Å². The molecule has 70 valence electrons. The molecule has 0 N–H and O–H groups in total. The van der Waals surface area contributed by atoms with E-state index in [2.05, 4.69) is 0 Å². The van der Waals surface area contributed by atoms with Gasteiger partial charge in [0.1, 0.15) is 5.76 Å². The molecule has 1 aromatic rings. The quantitative estimate of drug-likeness (QED) is 0.529. The molecule has 1 heterocycles. The second kappa shape index (κ2) is 4.50. The van der Waals surface area contributed by atoms with Crippen molar-refractivity contribution in [2.45, 2.75) is 13.8 Å². The molecular formula is C10H12O3. The molecule has 0 aromatic carbocycles. The predicted octanol–water partition coefficient (Wildman–Crippen LogP) is 2.25. The van der Waals surface area contributed by atoms with Gasteiger partial charge in [-0.3, -0.25) is 0 Å². The van der Waals surface area contributed by atoms with Crippen LogP contribution >= 0.6 is 0 Å². The molecule has 0 bridgehead atoms. The van der Waals surface area contributed by atoms with Crippen LogP contribution < -0.4 is 0 Å². The zero-order valence-electron chi connectivity index (χ0n) is 7.74. The predicted molar refractivity (Wildman–Crippen MR) is 49.0 cm³/mol. The van der Waals surface area contributed by atoms with E-state index >= 15 is 0 Å². The minimum atomic E-state index is -0.307. The second-order valence-corrected chi connectivity index (χ2v) is 2.56. The summed E-state index contributed by atoms with van der Waals surface area (Å²) < 4.78 is 9.85. The average molecular weight is 180 g/mol.